The van der Waals surface area contributed by atoms with Gasteiger partial charge in [-0.3, -0.25) is 14.3 Å². The van der Waals surface area contributed by atoms with E-state index in [0.717, 1.165) is 4.57 Å². The van der Waals surface area contributed by atoms with E-state index in [0.29, 0.717) is 0 Å². The molecule has 66 valence electrons. The summed E-state index contributed by atoms with van der Waals surface area (Å²) in [4.78, 5) is 24.6. The first-order valence-corrected chi connectivity index (χ1v) is 3.63. The summed E-state index contributed by atoms with van der Waals surface area (Å²) in [7, 11) is 0. The van der Waals surface area contributed by atoms with Gasteiger partial charge in [0, 0.05) is 12.1 Å². The molecule has 0 saturated heterocycles. The molecule has 5 heteroatoms. The average Bonchev–Trinajstić information content (AvgIpc) is 1.82. The van der Waals surface area contributed by atoms with Crippen molar-refractivity contribution < 1.29 is 0 Å². The zero-order valence-corrected chi connectivity index (χ0v) is 7.00. The zero-order valence-electron chi connectivity index (χ0n) is 7.00. The van der Waals surface area contributed by atoms with Crippen molar-refractivity contribution >= 4 is 5.82 Å². The predicted molar refractivity (Wildman–Crippen MR) is 46.1 cm³/mol. The first-order valence-electron chi connectivity index (χ1n) is 3.63. The van der Waals surface area contributed by atoms with Gasteiger partial charge >= 0.3 is 5.69 Å². The van der Waals surface area contributed by atoms with Gasteiger partial charge in [0.2, 0.25) is 0 Å². The van der Waals surface area contributed by atoms with E-state index in [4.69, 9.17) is 5.73 Å². The molecule has 0 amide bonds. The Hall–Kier alpha value is -1.52. The summed E-state index contributed by atoms with van der Waals surface area (Å²) in [6.45, 7) is 3.51. The zero-order chi connectivity index (χ0) is 9.30. The normalized spacial score (nSPS) is 10.6. The van der Waals surface area contributed by atoms with Crippen molar-refractivity contribution in [3.63, 3.8) is 0 Å². The number of anilines is 1. The minimum Gasteiger partial charge on any atom is -0.385 e. The Bertz CT molecular complexity index is 357. The van der Waals surface area contributed by atoms with E-state index in [2.05, 4.69) is 4.98 Å². The lowest BCUT2D eigenvalue weighted by atomic mass is 10.4. The standard InChI is InChI=1S/C7H11N3O2/c1-4(2)10-6(11)3-5(8)9-7(10)12/h3-4H,8H2,1-2H3,(H,9,12). The van der Waals surface area contributed by atoms with Crippen molar-refractivity contribution in [3.05, 3.63) is 26.9 Å². The molecule has 0 radical (unpaired) electrons. The third kappa shape index (κ3) is 1.39. The monoisotopic (exact) mass is 169 g/mol. The van der Waals surface area contributed by atoms with Gasteiger partial charge in [-0.2, -0.15) is 0 Å². The van der Waals surface area contributed by atoms with Crippen LogP contribution in [0.4, 0.5) is 5.82 Å². The number of aromatic nitrogens is 2. The molecule has 3 N–H and O–H groups in total. The number of hydrogen-bond donors (Lipinski definition) is 2. The molecule has 0 spiro atoms. The fourth-order valence-corrected chi connectivity index (χ4v) is 1.01. The van der Waals surface area contributed by atoms with Gasteiger partial charge in [0.05, 0.1) is 0 Å². The van der Waals surface area contributed by atoms with E-state index in [1.807, 2.05) is 0 Å². The molecule has 0 atom stereocenters. The van der Waals surface area contributed by atoms with Crippen molar-refractivity contribution in [1.29, 1.82) is 0 Å². The fraction of sp³-hybridized carbons (Fsp3) is 0.429. The van der Waals surface area contributed by atoms with Crippen molar-refractivity contribution in [1.82, 2.24) is 9.55 Å². The maximum Gasteiger partial charge on any atom is 0.330 e. The molecule has 0 saturated carbocycles. The highest BCUT2D eigenvalue weighted by molar-refractivity contribution is 5.23. The third-order valence-corrected chi connectivity index (χ3v) is 1.50. The van der Waals surface area contributed by atoms with Gasteiger partial charge in [-0.15, -0.1) is 0 Å². The number of rotatable bonds is 1. The number of H-pyrrole nitrogens is 1. The summed E-state index contributed by atoms with van der Waals surface area (Å²) in [6.07, 6.45) is 0. The Morgan fingerprint density at radius 3 is 2.50 bits per heavy atom. The molecule has 1 rings (SSSR count). The molecule has 0 aromatic carbocycles. The van der Waals surface area contributed by atoms with E-state index in [1.54, 1.807) is 13.8 Å². The van der Waals surface area contributed by atoms with Gasteiger partial charge in [-0.1, -0.05) is 0 Å². The average molecular weight is 169 g/mol. The van der Waals surface area contributed by atoms with Crippen LogP contribution >= 0.6 is 0 Å². The minimum atomic E-state index is -0.463. The van der Waals surface area contributed by atoms with E-state index in [-0.39, 0.29) is 17.4 Å². The smallest absolute Gasteiger partial charge is 0.330 e. The van der Waals surface area contributed by atoms with E-state index >= 15 is 0 Å². The highest BCUT2D eigenvalue weighted by Gasteiger charge is 2.04. The van der Waals surface area contributed by atoms with Gasteiger partial charge in [-0.05, 0) is 13.8 Å². The first-order chi connectivity index (χ1) is 5.52. The van der Waals surface area contributed by atoms with Crippen LogP contribution in [0.2, 0.25) is 0 Å². The molecule has 0 aliphatic heterocycles. The van der Waals surface area contributed by atoms with Crippen molar-refractivity contribution in [2.24, 2.45) is 0 Å². The molecule has 0 bridgehead atoms. The number of aromatic amines is 1. The molecule has 0 unspecified atom stereocenters. The van der Waals surface area contributed by atoms with E-state index < -0.39 is 5.69 Å². The second-order valence-electron chi connectivity index (χ2n) is 2.83. The minimum absolute atomic E-state index is 0.0990. The van der Waals surface area contributed by atoms with Gasteiger partial charge in [0.15, 0.2) is 0 Å². The van der Waals surface area contributed by atoms with Gasteiger partial charge in [0.1, 0.15) is 5.82 Å². The van der Waals surface area contributed by atoms with Crippen LogP contribution in [-0.4, -0.2) is 9.55 Å². The van der Waals surface area contributed by atoms with Crippen LogP contribution in [0.25, 0.3) is 0 Å². The summed E-state index contributed by atoms with van der Waals surface area (Å²) in [5.74, 6) is 0.0990. The Morgan fingerprint density at radius 1 is 1.50 bits per heavy atom. The summed E-state index contributed by atoms with van der Waals surface area (Å²) in [6, 6.07) is 1.04. The molecule has 1 aromatic heterocycles. The summed E-state index contributed by atoms with van der Waals surface area (Å²) in [5.41, 5.74) is 4.43. The predicted octanol–water partition coefficient (Wildman–Crippen LogP) is -0.300. The number of nitrogens with one attached hydrogen (secondary N) is 1. The maximum absolute atomic E-state index is 11.2. The summed E-state index contributed by atoms with van der Waals surface area (Å²) < 4.78 is 1.11. The van der Waals surface area contributed by atoms with Gasteiger partial charge < -0.3 is 5.73 Å². The molecule has 12 heavy (non-hydrogen) atoms. The lowest BCUT2D eigenvalue weighted by molar-refractivity contribution is 0.547. The molecular formula is C7H11N3O2. The lowest BCUT2D eigenvalue weighted by Gasteiger charge is -2.06. The van der Waals surface area contributed by atoms with Crippen LogP contribution in [0.15, 0.2) is 15.7 Å². The summed E-state index contributed by atoms with van der Waals surface area (Å²) in [5, 5.41) is 0. The molecule has 0 aliphatic carbocycles. The second-order valence-corrected chi connectivity index (χ2v) is 2.83. The number of nitrogens with zero attached hydrogens (tertiary/aromatic N) is 1. The Morgan fingerprint density at radius 2 is 2.08 bits per heavy atom. The SMILES string of the molecule is CC(C)n1c(=O)cc(N)[nH]c1=O. The number of nitrogens with two attached hydrogens (primary N) is 1. The maximum atomic E-state index is 11.2. The lowest BCUT2D eigenvalue weighted by Crippen LogP contribution is -2.36. The van der Waals surface area contributed by atoms with Crippen molar-refractivity contribution in [2.45, 2.75) is 19.9 Å². The fourth-order valence-electron chi connectivity index (χ4n) is 1.01. The summed E-state index contributed by atoms with van der Waals surface area (Å²) >= 11 is 0. The van der Waals surface area contributed by atoms with Gasteiger partial charge in [0.25, 0.3) is 5.56 Å². The Kier molecular flexibility index (Phi) is 2.03. The first kappa shape index (κ1) is 8.58. The Labute approximate surface area is 68.8 Å². The molecule has 0 fully saturated rings. The molecule has 5 nitrogen and oxygen atoms in total. The largest absolute Gasteiger partial charge is 0.385 e. The van der Waals surface area contributed by atoms with Crippen LogP contribution < -0.4 is 17.0 Å². The van der Waals surface area contributed by atoms with Crippen LogP contribution in [-0.2, 0) is 0 Å². The second kappa shape index (κ2) is 2.84. The quantitative estimate of drug-likeness (QED) is 0.605. The highest BCUT2D eigenvalue weighted by Crippen LogP contribution is 1.94. The van der Waals surface area contributed by atoms with Crippen LogP contribution in [0, 0.1) is 0 Å². The molecular weight excluding hydrogens is 158 g/mol. The van der Waals surface area contributed by atoms with E-state index in [9.17, 15) is 9.59 Å². The Balaban J connectivity index is 3.50. The number of hydrogen-bond acceptors (Lipinski definition) is 3. The molecule has 0 aliphatic rings. The highest BCUT2D eigenvalue weighted by atomic mass is 16.2. The molecule has 1 heterocycles. The van der Waals surface area contributed by atoms with Crippen LogP contribution in [0.3, 0.4) is 0 Å². The number of nitrogen functional groups attached to an aromatic ring is 1. The van der Waals surface area contributed by atoms with Crippen LogP contribution in [0.5, 0.6) is 0 Å². The molecule has 1 aromatic rings. The third-order valence-electron chi connectivity index (χ3n) is 1.50. The van der Waals surface area contributed by atoms with Gasteiger partial charge in [-0.25, -0.2) is 4.79 Å². The van der Waals surface area contributed by atoms with Crippen LogP contribution in [0.1, 0.15) is 19.9 Å². The van der Waals surface area contributed by atoms with E-state index in [1.165, 1.54) is 6.07 Å². The van der Waals surface area contributed by atoms with Crippen molar-refractivity contribution in [2.75, 3.05) is 5.73 Å². The topological polar surface area (TPSA) is 80.9 Å². The van der Waals surface area contributed by atoms with Crippen molar-refractivity contribution in [3.8, 4) is 0 Å².